The number of ether oxygens (including phenoxy) is 1. The average Bonchev–Trinajstić information content (AvgIpc) is 3.07. The molecule has 1 atom stereocenters. The molecule has 6 nitrogen and oxygen atoms in total. The van der Waals surface area contributed by atoms with Crippen LogP contribution in [0, 0.1) is 0 Å². The lowest BCUT2D eigenvalue weighted by molar-refractivity contribution is 0.0635. The normalized spacial score (nSPS) is 12.5. The Balaban J connectivity index is 1.92. The largest absolute Gasteiger partial charge is 0.444 e. The Morgan fingerprint density at radius 3 is 2.33 bits per heavy atom. The molecule has 2 amide bonds. The first kappa shape index (κ1) is 20.9. The Morgan fingerprint density at radius 1 is 1.15 bits per heavy atom. The van der Waals surface area contributed by atoms with Crippen molar-refractivity contribution >= 4 is 29.0 Å². The summed E-state index contributed by atoms with van der Waals surface area (Å²) in [5, 5.41) is 7.66. The number of thiophene rings is 1. The summed E-state index contributed by atoms with van der Waals surface area (Å²) in [6.07, 6.45) is -0.524. The fourth-order valence-corrected chi connectivity index (χ4v) is 3.36. The van der Waals surface area contributed by atoms with Crippen molar-refractivity contribution in [2.75, 3.05) is 26.0 Å². The predicted molar refractivity (Wildman–Crippen MR) is 109 cm³/mol. The molecule has 27 heavy (non-hydrogen) atoms. The highest BCUT2D eigenvalue weighted by Gasteiger charge is 2.18. The zero-order chi connectivity index (χ0) is 20.0. The van der Waals surface area contributed by atoms with Gasteiger partial charge in [0.2, 0.25) is 0 Å². The van der Waals surface area contributed by atoms with Crippen LogP contribution in [0.5, 0.6) is 0 Å². The summed E-state index contributed by atoms with van der Waals surface area (Å²) < 4.78 is 5.21. The van der Waals surface area contributed by atoms with E-state index in [2.05, 4.69) is 21.6 Å². The molecule has 0 aliphatic rings. The van der Waals surface area contributed by atoms with Gasteiger partial charge in [0.25, 0.3) is 5.91 Å². The van der Waals surface area contributed by atoms with Crippen LogP contribution in [0.1, 0.15) is 42.0 Å². The van der Waals surface area contributed by atoms with Crippen LogP contribution in [-0.2, 0) is 4.74 Å². The van der Waals surface area contributed by atoms with Gasteiger partial charge in [-0.25, -0.2) is 4.79 Å². The van der Waals surface area contributed by atoms with Gasteiger partial charge in [-0.05, 0) is 70.6 Å². The number of carbonyl (C=O) groups excluding carboxylic acids is 2. The van der Waals surface area contributed by atoms with E-state index in [0.717, 1.165) is 0 Å². The molecule has 2 N–H and O–H groups in total. The zero-order valence-corrected chi connectivity index (χ0v) is 17.2. The van der Waals surface area contributed by atoms with E-state index in [1.165, 1.54) is 4.88 Å². The van der Waals surface area contributed by atoms with Crippen molar-refractivity contribution in [1.29, 1.82) is 0 Å². The lowest BCUT2D eigenvalue weighted by Crippen LogP contribution is -2.34. The van der Waals surface area contributed by atoms with Gasteiger partial charge in [-0.3, -0.25) is 10.1 Å². The first-order valence-electron chi connectivity index (χ1n) is 8.74. The fraction of sp³-hybridized carbons (Fsp3) is 0.400. The molecule has 0 fully saturated rings. The summed E-state index contributed by atoms with van der Waals surface area (Å²) in [4.78, 5) is 27.5. The van der Waals surface area contributed by atoms with E-state index in [1.807, 2.05) is 25.5 Å². The van der Waals surface area contributed by atoms with Crippen LogP contribution in [0.2, 0.25) is 0 Å². The minimum absolute atomic E-state index is 0.127. The third-order valence-electron chi connectivity index (χ3n) is 3.74. The third kappa shape index (κ3) is 6.69. The number of nitrogens with one attached hydrogen (secondary N) is 2. The maximum Gasteiger partial charge on any atom is 0.412 e. The Labute approximate surface area is 164 Å². The number of likely N-dealkylation sites (N-methyl/N-ethyl adjacent to an activating group) is 1. The van der Waals surface area contributed by atoms with E-state index in [4.69, 9.17) is 4.74 Å². The number of benzene rings is 1. The number of carbonyl (C=O) groups is 2. The van der Waals surface area contributed by atoms with E-state index in [0.29, 0.717) is 17.8 Å². The standard InChI is InChI=1S/C20H27N3O3S/c1-20(2,3)26-19(25)22-15-10-8-14(9-11-15)18(24)21-13-16(23(4)5)17-7-6-12-27-17/h6-12,16H,13H2,1-5H3,(H,21,24)(H,22,25)/t16-/m0/s1. The minimum atomic E-state index is -0.560. The Kier molecular flexibility index (Phi) is 6.98. The maximum atomic E-state index is 12.4. The summed E-state index contributed by atoms with van der Waals surface area (Å²) >= 11 is 1.67. The molecule has 1 heterocycles. The zero-order valence-electron chi connectivity index (χ0n) is 16.4. The van der Waals surface area contributed by atoms with Gasteiger partial charge in [-0.15, -0.1) is 11.3 Å². The number of anilines is 1. The molecule has 2 rings (SSSR count). The van der Waals surface area contributed by atoms with Gasteiger partial charge in [0.15, 0.2) is 0 Å². The summed E-state index contributed by atoms with van der Waals surface area (Å²) in [6, 6.07) is 10.9. The van der Waals surface area contributed by atoms with Crippen LogP contribution >= 0.6 is 11.3 Å². The van der Waals surface area contributed by atoms with E-state index >= 15 is 0 Å². The van der Waals surface area contributed by atoms with Gasteiger partial charge < -0.3 is 15.0 Å². The topological polar surface area (TPSA) is 70.7 Å². The van der Waals surface area contributed by atoms with Crippen molar-refractivity contribution in [3.8, 4) is 0 Å². The maximum absolute atomic E-state index is 12.4. The van der Waals surface area contributed by atoms with Crippen LogP contribution < -0.4 is 10.6 Å². The second kappa shape index (κ2) is 9.01. The first-order valence-corrected chi connectivity index (χ1v) is 9.62. The molecule has 0 bridgehead atoms. The van der Waals surface area contributed by atoms with Gasteiger partial charge in [-0.1, -0.05) is 6.07 Å². The van der Waals surface area contributed by atoms with Gasteiger partial charge in [-0.2, -0.15) is 0 Å². The lowest BCUT2D eigenvalue weighted by Gasteiger charge is -2.23. The second-order valence-corrected chi connectivity index (χ2v) is 8.39. The van der Waals surface area contributed by atoms with Crippen LogP contribution in [0.3, 0.4) is 0 Å². The van der Waals surface area contributed by atoms with Crippen LogP contribution in [0.15, 0.2) is 41.8 Å². The third-order valence-corrected chi connectivity index (χ3v) is 4.72. The smallest absolute Gasteiger partial charge is 0.412 e. The molecular weight excluding hydrogens is 362 g/mol. The molecule has 1 aromatic carbocycles. The van der Waals surface area contributed by atoms with Crippen LogP contribution in [0.4, 0.5) is 10.5 Å². The molecule has 2 aromatic rings. The number of hydrogen-bond acceptors (Lipinski definition) is 5. The molecule has 146 valence electrons. The Bertz CT molecular complexity index is 750. The van der Waals surface area contributed by atoms with Crippen molar-refractivity contribution in [2.45, 2.75) is 32.4 Å². The predicted octanol–water partition coefficient (Wildman–Crippen LogP) is 4.13. The van der Waals surface area contributed by atoms with Crippen LogP contribution in [0.25, 0.3) is 0 Å². The summed E-state index contributed by atoms with van der Waals surface area (Å²) in [5.41, 5.74) is 0.550. The van der Waals surface area contributed by atoms with Crippen LogP contribution in [-0.4, -0.2) is 43.1 Å². The molecule has 0 spiro atoms. The number of amides is 2. The minimum Gasteiger partial charge on any atom is -0.444 e. The molecule has 0 saturated heterocycles. The van der Waals surface area contributed by atoms with Gasteiger partial charge in [0.05, 0.1) is 6.04 Å². The SMILES string of the molecule is CN(C)[C@@H](CNC(=O)c1ccc(NC(=O)OC(C)(C)C)cc1)c1cccs1. The molecule has 0 saturated carbocycles. The van der Waals surface area contributed by atoms with Crippen molar-refractivity contribution < 1.29 is 14.3 Å². The lowest BCUT2D eigenvalue weighted by atomic mass is 10.1. The van der Waals surface area contributed by atoms with Gasteiger partial charge >= 0.3 is 6.09 Å². The number of rotatable bonds is 6. The van der Waals surface area contributed by atoms with E-state index in [1.54, 1.807) is 56.4 Å². The molecular formula is C20H27N3O3S. The monoisotopic (exact) mass is 389 g/mol. The highest BCUT2D eigenvalue weighted by atomic mass is 32.1. The summed E-state index contributed by atoms with van der Waals surface area (Å²) in [6.45, 7) is 5.93. The Hall–Kier alpha value is -2.38. The Morgan fingerprint density at radius 2 is 1.81 bits per heavy atom. The van der Waals surface area contributed by atoms with E-state index in [-0.39, 0.29) is 11.9 Å². The highest BCUT2D eigenvalue weighted by molar-refractivity contribution is 7.10. The van der Waals surface area contributed by atoms with E-state index < -0.39 is 11.7 Å². The molecule has 0 radical (unpaired) electrons. The first-order chi connectivity index (χ1) is 12.7. The van der Waals surface area contributed by atoms with Crippen molar-refractivity contribution in [2.24, 2.45) is 0 Å². The molecule has 7 heteroatoms. The van der Waals surface area contributed by atoms with Crippen molar-refractivity contribution in [1.82, 2.24) is 10.2 Å². The quantitative estimate of drug-likeness (QED) is 0.779. The molecule has 0 aliphatic carbocycles. The molecule has 0 unspecified atom stereocenters. The van der Waals surface area contributed by atoms with Gasteiger partial charge in [0, 0.05) is 22.7 Å². The van der Waals surface area contributed by atoms with Gasteiger partial charge in [0.1, 0.15) is 5.60 Å². The van der Waals surface area contributed by atoms with Crippen molar-refractivity contribution in [3.63, 3.8) is 0 Å². The second-order valence-electron chi connectivity index (χ2n) is 7.41. The average molecular weight is 390 g/mol. The summed E-state index contributed by atoms with van der Waals surface area (Å²) in [7, 11) is 3.99. The van der Waals surface area contributed by atoms with E-state index in [9.17, 15) is 9.59 Å². The number of hydrogen-bond donors (Lipinski definition) is 2. The highest BCUT2D eigenvalue weighted by Crippen LogP contribution is 2.22. The fourth-order valence-electron chi connectivity index (χ4n) is 2.44. The van der Waals surface area contributed by atoms with Crippen molar-refractivity contribution in [3.05, 3.63) is 52.2 Å². The number of nitrogens with zero attached hydrogens (tertiary/aromatic N) is 1. The molecule has 0 aliphatic heterocycles. The molecule has 1 aromatic heterocycles. The summed E-state index contributed by atoms with van der Waals surface area (Å²) in [5.74, 6) is -0.151.